The van der Waals surface area contributed by atoms with Crippen LogP contribution in [0.15, 0.2) is 28.8 Å². The summed E-state index contributed by atoms with van der Waals surface area (Å²) in [5.74, 6) is 1.81. The lowest BCUT2D eigenvalue weighted by molar-refractivity contribution is -0.125. The molecule has 21 heavy (non-hydrogen) atoms. The first-order chi connectivity index (χ1) is 9.88. The predicted molar refractivity (Wildman–Crippen MR) is 78.3 cm³/mol. The number of methoxy groups -OCH3 is 1. The van der Waals surface area contributed by atoms with Gasteiger partial charge < -0.3 is 9.26 Å². The molecular weight excluding hydrogens is 268 g/mol. The van der Waals surface area contributed by atoms with Crippen molar-refractivity contribution in [3.63, 3.8) is 0 Å². The molecule has 0 amide bonds. The maximum atomic E-state index is 11.9. The molecule has 0 aliphatic heterocycles. The molecule has 0 unspecified atom stereocenters. The Morgan fingerprint density at radius 1 is 1.33 bits per heavy atom. The van der Waals surface area contributed by atoms with E-state index >= 15 is 0 Å². The van der Waals surface area contributed by atoms with Gasteiger partial charge in [0.1, 0.15) is 11.5 Å². The minimum Gasteiger partial charge on any atom is -0.497 e. The van der Waals surface area contributed by atoms with Crippen molar-refractivity contribution in [1.82, 2.24) is 10.1 Å². The number of nitrogens with zero attached hydrogens (tertiary/aromatic N) is 2. The number of carbonyl (C=O) groups excluding carboxylic acids is 1. The molecule has 0 aliphatic rings. The number of ether oxygens (including phenoxy) is 1. The van der Waals surface area contributed by atoms with Crippen LogP contribution in [0.25, 0.3) is 0 Å². The molecule has 0 N–H and O–H groups in total. The van der Waals surface area contributed by atoms with Crippen LogP contribution < -0.4 is 4.74 Å². The van der Waals surface area contributed by atoms with Crippen molar-refractivity contribution < 1.29 is 14.1 Å². The van der Waals surface area contributed by atoms with E-state index in [1.807, 2.05) is 45.0 Å². The van der Waals surface area contributed by atoms with E-state index in [2.05, 4.69) is 10.1 Å². The lowest BCUT2D eigenvalue weighted by Crippen LogP contribution is -2.22. The fourth-order valence-corrected chi connectivity index (χ4v) is 1.80. The summed E-state index contributed by atoms with van der Waals surface area (Å²) in [6.45, 7) is 5.63. The highest BCUT2D eigenvalue weighted by Crippen LogP contribution is 2.18. The summed E-state index contributed by atoms with van der Waals surface area (Å²) in [6, 6.07) is 7.70. The van der Waals surface area contributed by atoms with Crippen molar-refractivity contribution >= 4 is 5.78 Å². The van der Waals surface area contributed by atoms with Crippen molar-refractivity contribution in [3.8, 4) is 5.75 Å². The molecule has 1 aromatic heterocycles. The second-order valence-electron chi connectivity index (χ2n) is 5.98. The van der Waals surface area contributed by atoms with Gasteiger partial charge in [-0.2, -0.15) is 4.98 Å². The zero-order chi connectivity index (χ0) is 15.5. The van der Waals surface area contributed by atoms with Gasteiger partial charge in [0.25, 0.3) is 0 Å². The molecule has 0 atom stereocenters. The molecule has 0 aliphatic carbocycles. The molecule has 5 nitrogen and oxygen atoms in total. The summed E-state index contributed by atoms with van der Waals surface area (Å²) in [4.78, 5) is 16.2. The standard InChI is InChI=1S/C16H20N2O3/c1-16(2,3)13(19)10-15-17-14(18-21-15)9-11-6-5-7-12(8-11)20-4/h5-8H,9-10H2,1-4H3. The number of ketones is 1. The number of rotatable bonds is 5. The van der Waals surface area contributed by atoms with Crippen LogP contribution in [-0.4, -0.2) is 23.0 Å². The van der Waals surface area contributed by atoms with Gasteiger partial charge in [0.05, 0.1) is 13.5 Å². The van der Waals surface area contributed by atoms with E-state index in [0.29, 0.717) is 18.1 Å². The van der Waals surface area contributed by atoms with Crippen LogP contribution in [0.4, 0.5) is 0 Å². The lowest BCUT2D eigenvalue weighted by Gasteiger charge is -2.14. The van der Waals surface area contributed by atoms with Gasteiger partial charge in [-0.15, -0.1) is 0 Å². The van der Waals surface area contributed by atoms with E-state index in [9.17, 15) is 4.79 Å². The van der Waals surface area contributed by atoms with Gasteiger partial charge in [0.15, 0.2) is 5.82 Å². The van der Waals surface area contributed by atoms with Crippen molar-refractivity contribution in [2.24, 2.45) is 5.41 Å². The predicted octanol–water partition coefficient (Wildman–Crippen LogP) is 2.83. The molecule has 0 saturated heterocycles. The van der Waals surface area contributed by atoms with Crippen molar-refractivity contribution in [1.29, 1.82) is 0 Å². The van der Waals surface area contributed by atoms with E-state index in [1.165, 1.54) is 0 Å². The molecule has 0 saturated carbocycles. The summed E-state index contributed by atoms with van der Waals surface area (Å²) in [5, 5.41) is 3.92. The van der Waals surface area contributed by atoms with E-state index in [0.717, 1.165) is 11.3 Å². The Bertz CT molecular complexity index is 626. The summed E-state index contributed by atoms with van der Waals surface area (Å²) >= 11 is 0. The molecule has 2 aromatic rings. The minimum atomic E-state index is -0.401. The maximum Gasteiger partial charge on any atom is 0.234 e. The topological polar surface area (TPSA) is 65.2 Å². The molecular formula is C16H20N2O3. The Kier molecular flexibility index (Phi) is 4.40. The highest BCUT2D eigenvalue weighted by molar-refractivity contribution is 5.84. The Hall–Kier alpha value is -2.17. The molecule has 0 radical (unpaired) electrons. The summed E-state index contributed by atoms with van der Waals surface area (Å²) in [6.07, 6.45) is 0.721. The first-order valence-electron chi connectivity index (χ1n) is 6.86. The molecule has 5 heteroatoms. The SMILES string of the molecule is COc1cccc(Cc2noc(CC(=O)C(C)(C)C)n2)c1. The first-order valence-corrected chi connectivity index (χ1v) is 6.86. The van der Waals surface area contributed by atoms with Gasteiger partial charge in [0, 0.05) is 11.8 Å². The fraction of sp³-hybridized carbons (Fsp3) is 0.438. The third kappa shape index (κ3) is 4.15. The smallest absolute Gasteiger partial charge is 0.234 e. The first kappa shape index (κ1) is 15.2. The Morgan fingerprint density at radius 2 is 2.10 bits per heavy atom. The highest BCUT2D eigenvalue weighted by atomic mass is 16.5. The molecule has 2 rings (SSSR count). The van der Waals surface area contributed by atoms with Gasteiger partial charge in [-0.3, -0.25) is 4.79 Å². The zero-order valence-corrected chi connectivity index (χ0v) is 12.8. The van der Waals surface area contributed by atoms with Gasteiger partial charge in [-0.05, 0) is 17.7 Å². The van der Waals surface area contributed by atoms with Crippen LogP contribution in [0.3, 0.4) is 0 Å². The lowest BCUT2D eigenvalue weighted by atomic mass is 9.89. The van der Waals surface area contributed by atoms with E-state index in [-0.39, 0.29) is 12.2 Å². The van der Waals surface area contributed by atoms with E-state index in [4.69, 9.17) is 9.26 Å². The average Bonchev–Trinajstić information content (AvgIpc) is 2.85. The third-order valence-electron chi connectivity index (χ3n) is 3.15. The zero-order valence-electron chi connectivity index (χ0n) is 12.8. The van der Waals surface area contributed by atoms with E-state index < -0.39 is 5.41 Å². The second kappa shape index (κ2) is 6.08. The Morgan fingerprint density at radius 3 is 2.76 bits per heavy atom. The quantitative estimate of drug-likeness (QED) is 0.846. The summed E-state index contributed by atoms with van der Waals surface area (Å²) in [7, 11) is 1.63. The highest BCUT2D eigenvalue weighted by Gasteiger charge is 2.23. The van der Waals surface area contributed by atoms with Crippen molar-refractivity contribution in [2.45, 2.75) is 33.6 Å². The van der Waals surface area contributed by atoms with Crippen LogP contribution in [0.1, 0.15) is 38.0 Å². The fourth-order valence-electron chi connectivity index (χ4n) is 1.80. The molecule has 0 spiro atoms. The van der Waals surface area contributed by atoms with Gasteiger partial charge >= 0.3 is 0 Å². The van der Waals surface area contributed by atoms with Crippen LogP contribution >= 0.6 is 0 Å². The number of aromatic nitrogens is 2. The van der Waals surface area contributed by atoms with Gasteiger partial charge in [0.2, 0.25) is 5.89 Å². The number of benzene rings is 1. The molecule has 1 heterocycles. The number of hydrogen-bond donors (Lipinski definition) is 0. The van der Waals surface area contributed by atoms with E-state index in [1.54, 1.807) is 7.11 Å². The third-order valence-corrected chi connectivity index (χ3v) is 3.15. The van der Waals surface area contributed by atoms with Crippen LogP contribution in [0.5, 0.6) is 5.75 Å². The monoisotopic (exact) mass is 288 g/mol. The molecule has 0 bridgehead atoms. The second-order valence-corrected chi connectivity index (χ2v) is 5.98. The largest absolute Gasteiger partial charge is 0.497 e. The minimum absolute atomic E-state index is 0.0825. The van der Waals surface area contributed by atoms with Crippen LogP contribution in [-0.2, 0) is 17.6 Å². The van der Waals surface area contributed by atoms with Gasteiger partial charge in [-0.1, -0.05) is 38.1 Å². The summed E-state index contributed by atoms with van der Waals surface area (Å²) < 4.78 is 10.3. The summed E-state index contributed by atoms with van der Waals surface area (Å²) in [5.41, 5.74) is 0.630. The van der Waals surface area contributed by atoms with Crippen molar-refractivity contribution in [3.05, 3.63) is 41.5 Å². The van der Waals surface area contributed by atoms with Crippen LogP contribution in [0, 0.1) is 5.41 Å². The van der Waals surface area contributed by atoms with Crippen molar-refractivity contribution in [2.75, 3.05) is 7.11 Å². The normalized spacial score (nSPS) is 11.4. The number of Topliss-reactive ketones (excluding diaryl/α,β-unsaturated/α-hetero) is 1. The maximum absolute atomic E-state index is 11.9. The Labute approximate surface area is 124 Å². The molecule has 112 valence electrons. The average molecular weight is 288 g/mol. The number of carbonyl (C=O) groups is 1. The van der Waals surface area contributed by atoms with Crippen LogP contribution in [0.2, 0.25) is 0 Å². The molecule has 0 fully saturated rings. The Balaban J connectivity index is 2.04. The molecule has 1 aromatic carbocycles. The number of hydrogen-bond acceptors (Lipinski definition) is 5. The van der Waals surface area contributed by atoms with Gasteiger partial charge in [-0.25, -0.2) is 0 Å².